The molecule has 1 fully saturated rings. The summed E-state index contributed by atoms with van der Waals surface area (Å²) < 4.78 is 5.65. The molecular weight excluding hydrogens is 220 g/mol. The van der Waals surface area contributed by atoms with Crippen molar-refractivity contribution in [2.24, 2.45) is 0 Å². The van der Waals surface area contributed by atoms with E-state index in [-0.39, 0.29) is 22.8 Å². The van der Waals surface area contributed by atoms with Gasteiger partial charge < -0.3 is 9.64 Å². The molecule has 17 heavy (non-hydrogen) atoms. The first-order valence-corrected chi connectivity index (χ1v) is 5.71. The van der Waals surface area contributed by atoms with Crippen LogP contribution in [0.25, 0.3) is 0 Å². The van der Waals surface area contributed by atoms with Crippen molar-refractivity contribution in [3.8, 4) is 0 Å². The van der Waals surface area contributed by atoms with Crippen molar-refractivity contribution in [1.82, 2.24) is 0 Å². The third kappa shape index (κ3) is 2.74. The summed E-state index contributed by atoms with van der Waals surface area (Å²) in [6.45, 7) is 5.71. The van der Waals surface area contributed by atoms with Gasteiger partial charge in [-0.1, -0.05) is 0 Å². The van der Waals surface area contributed by atoms with Gasteiger partial charge in [-0.25, -0.2) is 0 Å². The number of hydrogen-bond donors (Lipinski definition) is 0. The highest BCUT2D eigenvalue weighted by Crippen LogP contribution is 2.22. The zero-order chi connectivity index (χ0) is 12.4. The molecule has 1 unspecified atom stereocenters. The molecule has 1 heterocycles. The van der Waals surface area contributed by atoms with Gasteiger partial charge in [0, 0.05) is 30.9 Å². The minimum absolute atomic E-state index is 0.128. The molecule has 2 atom stereocenters. The second-order valence-electron chi connectivity index (χ2n) is 4.44. The van der Waals surface area contributed by atoms with Gasteiger partial charge in [0.25, 0.3) is 5.69 Å². The summed E-state index contributed by atoms with van der Waals surface area (Å²) in [5.74, 6) is 0. The van der Waals surface area contributed by atoms with E-state index in [0.29, 0.717) is 0 Å². The molecule has 0 bridgehead atoms. The van der Waals surface area contributed by atoms with E-state index in [1.165, 1.54) is 0 Å². The van der Waals surface area contributed by atoms with Crippen LogP contribution < -0.4 is 4.90 Å². The molecule has 92 valence electrons. The van der Waals surface area contributed by atoms with Crippen LogP contribution in [0.15, 0.2) is 24.3 Å². The summed E-state index contributed by atoms with van der Waals surface area (Å²) in [5.41, 5.74) is 1.14. The molecule has 1 aliphatic rings. The smallest absolute Gasteiger partial charge is 0.269 e. The van der Waals surface area contributed by atoms with Crippen LogP contribution in [0.2, 0.25) is 0 Å². The van der Waals surface area contributed by atoms with Crippen LogP contribution >= 0.6 is 0 Å². The molecule has 5 heteroatoms. The topological polar surface area (TPSA) is 55.6 Å². The summed E-state index contributed by atoms with van der Waals surface area (Å²) in [4.78, 5) is 12.4. The Morgan fingerprint density at radius 3 is 2.24 bits per heavy atom. The predicted molar refractivity (Wildman–Crippen MR) is 65.3 cm³/mol. The number of benzene rings is 1. The molecule has 0 radical (unpaired) electrons. The Balaban J connectivity index is 2.14. The lowest BCUT2D eigenvalue weighted by molar-refractivity contribution is -0.384. The van der Waals surface area contributed by atoms with Crippen LogP contribution in [0.5, 0.6) is 0 Å². The van der Waals surface area contributed by atoms with Gasteiger partial charge in [0.1, 0.15) is 0 Å². The van der Waals surface area contributed by atoms with Gasteiger partial charge >= 0.3 is 0 Å². The van der Waals surface area contributed by atoms with Crippen molar-refractivity contribution in [2.45, 2.75) is 26.1 Å². The van der Waals surface area contributed by atoms with Gasteiger partial charge in [-0.3, -0.25) is 10.1 Å². The molecule has 0 N–H and O–H groups in total. The van der Waals surface area contributed by atoms with E-state index in [2.05, 4.69) is 4.90 Å². The van der Waals surface area contributed by atoms with E-state index >= 15 is 0 Å². The molecule has 1 aromatic rings. The Morgan fingerprint density at radius 2 is 1.76 bits per heavy atom. The minimum atomic E-state index is -0.381. The second kappa shape index (κ2) is 4.71. The molecule has 1 aromatic carbocycles. The van der Waals surface area contributed by atoms with E-state index in [1.807, 2.05) is 13.8 Å². The van der Waals surface area contributed by atoms with E-state index < -0.39 is 0 Å². The molecular formula is C12H16N2O3. The van der Waals surface area contributed by atoms with E-state index in [4.69, 9.17) is 4.74 Å². The molecule has 0 spiro atoms. The first-order chi connectivity index (χ1) is 8.06. The lowest BCUT2D eigenvalue weighted by atomic mass is 10.2. The van der Waals surface area contributed by atoms with Crippen molar-refractivity contribution < 1.29 is 9.66 Å². The maximum absolute atomic E-state index is 10.6. The van der Waals surface area contributed by atoms with Gasteiger partial charge in [-0.15, -0.1) is 0 Å². The van der Waals surface area contributed by atoms with Crippen molar-refractivity contribution in [2.75, 3.05) is 18.0 Å². The van der Waals surface area contributed by atoms with Crippen molar-refractivity contribution >= 4 is 11.4 Å². The van der Waals surface area contributed by atoms with Gasteiger partial charge in [-0.2, -0.15) is 0 Å². The molecule has 1 aliphatic heterocycles. The summed E-state index contributed by atoms with van der Waals surface area (Å²) in [6, 6.07) is 6.67. The fraction of sp³-hybridized carbons (Fsp3) is 0.500. The van der Waals surface area contributed by atoms with Crippen molar-refractivity contribution in [3.05, 3.63) is 34.4 Å². The summed E-state index contributed by atoms with van der Waals surface area (Å²) in [6.07, 6.45) is 0.378. The maximum Gasteiger partial charge on any atom is 0.269 e. The van der Waals surface area contributed by atoms with Gasteiger partial charge in [0.2, 0.25) is 0 Å². The average Bonchev–Trinajstić information content (AvgIpc) is 2.28. The van der Waals surface area contributed by atoms with Crippen LogP contribution in [0.3, 0.4) is 0 Å². The molecule has 1 saturated heterocycles. The van der Waals surface area contributed by atoms with Gasteiger partial charge in [0.05, 0.1) is 17.1 Å². The zero-order valence-electron chi connectivity index (χ0n) is 10.00. The molecule has 2 rings (SSSR count). The number of anilines is 1. The maximum atomic E-state index is 10.6. The Hall–Kier alpha value is -1.62. The second-order valence-corrected chi connectivity index (χ2v) is 4.44. The largest absolute Gasteiger partial charge is 0.372 e. The standard InChI is InChI=1S/C12H16N2O3/c1-9-7-13(8-10(2)17-9)11-3-5-12(6-4-11)14(15)16/h3-6,9-10H,7-8H2,1-2H3/t9-,10?/m0/s1. The van der Waals surface area contributed by atoms with Gasteiger partial charge in [0.15, 0.2) is 0 Å². The lowest BCUT2D eigenvalue weighted by Crippen LogP contribution is -2.45. The fourth-order valence-corrected chi connectivity index (χ4v) is 2.17. The highest BCUT2D eigenvalue weighted by molar-refractivity contribution is 5.51. The van der Waals surface area contributed by atoms with E-state index in [9.17, 15) is 10.1 Å². The summed E-state index contributed by atoms with van der Waals surface area (Å²) in [5, 5.41) is 10.6. The van der Waals surface area contributed by atoms with Crippen LogP contribution in [0.4, 0.5) is 11.4 Å². The Morgan fingerprint density at radius 1 is 1.24 bits per heavy atom. The molecule has 0 amide bonds. The Labute approximate surface area is 100 Å². The number of nitro benzene ring substituents is 1. The third-order valence-electron chi connectivity index (χ3n) is 2.85. The van der Waals surface area contributed by atoms with Gasteiger partial charge in [-0.05, 0) is 26.0 Å². The van der Waals surface area contributed by atoms with Crippen LogP contribution in [-0.2, 0) is 4.74 Å². The molecule has 5 nitrogen and oxygen atoms in total. The predicted octanol–water partition coefficient (Wildman–Crippen LogP) is 2.21. The number of hydrogen-bond acceptors (Lipinski definition) is 4. The Bertz CT molecular complexity index is 395. The summed E-state index contributed by atoms with van der Waals surface area (Å²) in [7, 11) is 0. The first-order valence-electron chi connectivity index (χ1n) is 5.71. The molecule has 0 aromatic heterocycles. The highest BCUT2D eigenvalue weighted by atomic mass is 16.6. The lowest BCUT2D eigenvalue weighted by Gasteiger charge is -2.36. The van der Waals surface area contributed by atoms with Crippen LogP contribution in [0, 0.1) is 10.1 Å². The highest BCUT2D eigenvalue weighted by Gasteiger charge is 2.22. The fourth-order valence-electron chi connectivity index (χ4n) is 2.17. The number of nitrogens with zero attached hydrogens (tertiary/aromatic N) is 2. The van der Waals surface area contributed by atoms with E-state index in [1.54, 1.807) is 24.3 Å². The monoisotopic (exact) mass is 236 g/mol. The SMILES string of the molecule is CC1CN(c2ccc([N+](=O)[O-])cc2)C[C@H](C)O1. The number of ether oxygens (including phenoxy) is 1. The zero-order valence-corrected chi connectivity index (χ0v) is 10.00. The number of rotatable bonds is 2. The number of nitro groups is 1. The van der Waals surface area contributed by atoms with Crippen LogP contribution in [-0.4, -0.2) is 30.2 Å². The van der Waals surface area contributed by atoms with Crippen molar-refractivity contribution in [3.63, 3.8) is 0 Å². The number of morpholine rings is 1. The normalized spacial score (nSPS) is 24.7. The quantitative estimate of drug-likeness (QED) is 0.583. The Kier molecular flexibility index (Phi) is 3.28. The third-order valence-corrected chi connectivity index (χ3v) is 2.85. The summed E-state index contributed by atoms with van der Waals surface area (Å²) >= 11 is 0. The molecule has 0 aliphatic carbocycles. The van der Waals surface area contributed by atoms with Crippen LogP contribution in [0.1, 0.15) is 13.8 Å². The first kappa shape index (κ1) is 11.9. The number of non-ortho nitro benzene ring substituents is 1. The average molecular weight is 236 g/mol. The molecule has 0 saturated carbocycles. The minimum Gasteiger partial charge on any atom is -0.372 e. The van der Waals surface area contributed by atoms with E-state index in [0.717, 1.165) is 18.8 Å². The van der Waals surface area contributed by atoms with Crippen molar-refractivity contribution in [1.29, 1.82) is 0 Å².